The van der Waals surface area contributed by atoms with Crippen molar-refractivity contribution in [3.8, 4) is 0 Å². The molecule has 1 fully saturated rings. The van der Waals surface area contributed by atoms with Crippen LogP contribution in [-0.4, -0.2) is 33.6 Å². The Balaban J connectivity index is 1.20. The summed E-state index contributed by atoms with van der Waals surface area (Å²) in [5, 5.41) is 18.9. The summed E-state index contributed by atoms with van der Waals surface area (Å²) in [7, 11) is 0. The zero-order valence-electron chi connectivity index (χ0n) is 23.1. The maximum absolute atomic E-state index is 13.8. The van der Waals surface area contributed by atoms with Crippen molar-refractivity contribution in [2.75, 3.05) is 5.32 Å². The summed E-state index contributed by atoms with van der Waals surface area (Å²) in [6.07, 6.45) is 6.26. The van der Waals surface area contributed by atoms with E-state index in [2.05, 4.69) is 10.4 Å². The summed E-state index contributed by atoms with van der Waals surface area (Å²) in [6.45, 7) is 0.386. The van der Waals surface area contributed by atoms with Crippen molar-refractivity contribution >= 4 is 29.2 Å². The fourth-order valence-corrected chi connectivity index (χ4v) is 6.65. The van der Waals surface area contributed by atoms with Crippen LogP contribution >= 0.6 is 0 Å². The van der Waals surface area contributed by atoms with Crippen LogP contribution in [0, 0.1) is 11.8 Å². The minimum Gasteiger partial charge on any atom is -0.481 e. The van der Waals surface area contributed by atoms with Crippen LogP contribution in [0.1, 0.15) is 72.3 Å². The molecule has 1 aliphatic heterocycles. The molecule has 3 aliphatic rings. The van der Waals surface area contributed by atoms with E-state index in [1.54, 1.807) is 5.01 Å². The Morgan fingerprint density at radius 1 is 0.927 bits per heavy atom. The summed E-state index contributed by atoms with van der Waals surface area (Å²) in [5.41, 5.74) is 6.55. The number of anilines is 1. The van der Waals surface area contributed by atoms with E-state index >= 15 is 0 Å². The van der Waals surface area contributed by atoms with Gasteiger partial charge < -0.3 is 10.4 Å². The second-order valence-corrected chi connectivity index (χ2v) is 11.5. The fourth-order valence-electron chi connectivity index (χ4n) is 6.65. The summed E-state index contributed by atoms with van der Waals surface area (Å²) in [4.78, 5) is 38.1. The SMILES string of the molecule is O=C(O)C1Cc2cccc(NC(=O)C(c3ccc(CN4N=C(c5ccccc5)CCC4=O)cc3)C3CCCC3)c2C1. The van der Waals surface area contributed by atoms with Crippen LogP contribution in [0.5, 0.6) is 0 Å². The molecule has 6 rings (SSSR count). The molecule has 7 nitrogen and oxygen atoms in total. The van der Waals surface area contributed by atoms with Gasteiger partial charge in [0.2, 0.25) is 11.8 Å². The van der Waals surface area contributed by atoms with Crippen LogP contribution < -0.4 is 5.32 Å². The van der Waals surface area contributed by atoms with Gasteiger partial charge in [0, 0.05) is 18.5 Å². The van der Waals surface area contributed by atoms with Crippen molar-refractivity contribution < 1.29 is 19.5 Å². The minimum absolute atomic E-state index is 0.0116. The van der Waals surface area contributed by atoms with Gasteiger partial charge in [0.1, 0.15) is 0 Å². The third kappa shape index (κ3) is 5.80. The number of carboxylic acids is 1. The molecule has 41 heavy (non-hydrogen) atoms. The summed E-state index contributed by atoms with van der Waals surface area (Å²) in [5.74, 6) is -1.31. The van der Waals surface area contributed by atoms with Gasteiger partial charge in [-0.2, -0.15) is 5.10 Å². The number of benzene rings is 3. The van der Waals surface area contributed by atoms with Gasteiger partial charge in [-0.3, -0.25) is 14.4 Å². The molecular formula is C34H35N3O4. The Kier molecular flexibility index (Phi) is 7.68. The number of carbonyl (C=O) groups is 3. The number of carbonyl (C=O) groups excluding carboxylic acids is 2. The first kappa shape index (κ1) is 26.9. The second kappa shape index (κ2) is 11.7. The van der Waals surface area contributed by atoms with Gasteiger partial charge in [-0.15, -0.1) is 0 Å². The lowest BCUT2D eigenvalue weighted by atomic mass is 9.83. The van der Waals surface area contributed by atoms with Crippen molar-refractivity contribution in [2.45, 2.75) is 63.8 Å². The number of aliphatic carboxylic acids is 1. The van der Waals surface area contributed by atoms with Crippen molar-refractivity contribution in [1.82, 2.24) is 5.01 Å². The summed E-state index contributed by atoms with van der Waals surface area (Å²) in [6, 6.07) is 23.7. The van der Waals surface area contributed by atoms with Crippen molar-refractivity contribution in [3.63, 3.8) is 0 Å². The van der Waals surface area contributed by atoms with Gasteiger partial charge in [-0.25, -0.2) is 5.01 Å². The van der Waals surface area contributed by atoms with E-state index in [4.69, 9.17) is 0 Å². The number of fused-ring (bicyclic) bond motifs is 1. The smallest absolute Gasteiger partial charge is 0.307 e. The third-order valence-corrected chi connectivity index (χ3v) is 8.83. The van der Waals surface area contributed by atoms with E-state index in [0.29, 0.717) is 32.2 Å². The van der Waals surface area contributed by atoms with Crippen LogP contribution in [0.4, 0.5) is 5.69 Å². The molecule has 2 unspecified atom stereocenters. The van der Waals surface area contributed by atoms with Crippen molar-refractivity contribution in [2.24, 2.45) is 16.9 Å². The summed E-state index contributed by atoms with van der Waals surface area (Å²) < 4.78 is 0. The quantitative estimate of drug-likeness (QED) is 0.364. The monoisotopic (exact) mass is 549 g/mol. The number of nitrogens with one attached hydrogen (secondary N) is 1. The Labute approximate surface area is 240 Å². The number of rotatable bonds is 8. The Morgan fingerprint density at radius 2 is 1.68 bits per heavy atom. The first-order chi connectivity index (χ1) is 20.0. The lowest BCUT2D eigenvalue weighted by molar-refractivity contribution is -0.141. The van der Waals surface area contributed by atoms with Crippen LogP contribution in [0.15, 0.2) is 77.9 Å². The largest absolute Gasteiger partial charge is 0.481 e. The normalized spacial score (nSPS) is 19.5. The lowest BCUT2D eigenvalue weighted by Gasteiger charge is -2.25. The Morgan fingerprint density at radius 3 is 2.41 bits per heavy atom. The number of hydrogen-bond donors (Lipinski definition) is 2. The number of hydrogen-bond acceptors (Lipinski definition) is 4. The van der Waals surface area contributed by atoms with E-state index in [9.17, 15) is 19.5 Å². The molecule has 1 saturated carbocycles. The van der Waals surface area contributed by atoms with Gasteiger partial charge in [0.05, 0.1) is 24.1 Å². The number of amides is 2. The van der Waals surface area contributed by atoms with E-state index in [0.717, 1.165) is 64.9 Å². The molecule has 2 aliphatic carbocycles. The predicted octanol–water partition coefficient (Wildman–Crippen LogP) is 5.93. The maximum Gasteiger partial charge on any atom is 0.307 e. The molecular weight excluding hydrogens is 514 g/mol. The van der Waals surface area contributed by atoms with Gasteiger partial charge >= 0.3 is 5.97 Å². The second-order valence-electron chi connectivity index (χ2n) is 11.5. The predicted molar refractivity (Wildman–Crippen MR) is 158 cm³/mol. The number of hydrazone groups is 1. The number of nitrogens with zero attached hydrogens (tertiary/aromatic N) is 2. The van der Waals surface area contributed by atoms with Crippen LogP contribution in [-0.2, 0) is 33.8 Å². The van der Waals surface area contributed by atoms with Gasteiger partial charge in [0.15, 0.2) is 0 Å². The molecule has 0 spiro atoms. The first-order valence-electron chi connectivity index (χ1n) is 14.6. The highest BCUT2D eigenvalue weighted by atomic mass is 16.4. The minimum atomic E-state index is -0.796. The third-order valence-electron chi connectivity index (χ3n) is 8.83. The molecule has 1 heterocycles. The van der Waals surface area contributed by atoms with Gasteiger partial charge in [-0.1, -0.05) is 79.6 Å². The van der Waals surface area contributed by atoms with E-state index in [-0.39, 0.29) is 23.7 Å². The van der Waals surface area contributed by atoms with Crippen LogP contribution in [0.3, 0.4) is 0 Å². The zero-order chi connectivity index (χ0) is 28.3. The first-order valence-corrected chi connectivity index (χ1v) is 14.6. The number of carboxylic acid groups (broad SMARTS) is 1. The average Bonchev–Trinajstić information content (AvgIpc) is 3.67. The average molecular weight is 550 g/mol. The molecule has 3 aromatic rings. The van der Waals surface area contributed by atoms with Crippen LogP contribution in [0.2, 0.25) is 0 Å². The Bertz CT molecular complexity index is 1480. The summed E-state index contributed by atoms with van der Waals surface area (Å²) >= 11 is 0. The molecule has 0 bridgehead atoms. The van der Waals surface area contributed by atoms with Crippen molar-refractivity contribution in [1.29, 1.82) is 0 Å². The maximum atomic E-state index is 13.8. The molecule has 210 valence electrons. The van der Waals surface area contributed by atoms with E-state index < -0.39 is 11.9 Å². The van der Waals surface area contributed by atoms with Gasteiger partial charge in [-0.05, 0) is 65.5 Å². The van der Waals surface area contributed by atoms with Crippen molar-refractivity contribution in [3.05, 3.63) is 101 Å². The zero-order valence-corrected chi connectivity index (χ0v) is 23.1. The molecule has 3 aromatic carbocycles. The standard InChI is InChI=1S/C34H35N3O4/c38-31-18-17-29(23-7-2-1-3-8-23)36-37(31)21-22-13-15-25(16-14-22)32(24-9-4-5-10-24)33(39)35-30-12-6-11-26-19-27(34(40)41)20-28(26)30/h1-3,6-8,11-16,24,27,32H,4-5,9-10,17-21H2,(H,35,39)(H,40,41). The highest BCUT2D eigenvalue weighted by molar-refractivity contribution is 6.04. The molecule has 0 saturated heterocycles. The molecule has 2 N–H and O–H groups in total. The Hall–Kier alpha value is -4.26. The lowest BCUT2D eigenvalue weighted by Crippen LogP contribution is -2.31. The highest BCUT2D eigenvalue weighted by Gasteiger charge is 2.34. The fraction of sp³-hybridized carbons (Fsp3) is 0.353. The molecule has 0 radical (unpaired) electrons. The van der Waals surface area contributed by atoms with E-state index in [1.165, 1.54) is 0 Å². The highest BCUT2D eigenvalue weighted by Crippen LogP contribution is 2.39. The van der Waals surface area contributed by atoms with Crippen LogP contribution in [0.25, 0.3) is 0 Å². The molecule has 2 atom stereocenters. The molecule has 2 amide bonds. The topological polar surface area (TPSA) is 99.1 Å². The van der Waals surface area contributed by atoms with Gasteiger partial charge in [0.25, 0.3) is 0 Å². The van der Waals surface area contributed by atoms with E-state index in [1.807, 2.05) is 72.8 Å². The molecule has 0 aromatic heterocycles. The molecule has 7 heteroatoms.